The van der Waals surface area contributed by atoms with Gasteiger partial charge in [-0.05, 0) is 54.4 Å². The Morgan fingerprint density at radius 1 is 0.730 bits per heavy atom. The molecule has 6 nitrogen and oxygen atoms in total. The van der Waals surface area contributed by atoms with Crippen LogP contribution in [0, 0.1) is 12.8 Å². The molecule has 0 aromatic heterocycles. The van der Waals surface area contributed by atoms with E-state index in [1.54, 1.807) is 17.2 Å². The summed E-state index contributed by atoms with van der Waals surface area (Å²) in [4.78, 5) is 34.7. The summed E-state index contributed by atoms with van der Waals surface area (Å²) in [5, 5.41) is 1.71. The molecule has 0 unspecified atom stereocenters. The Morgan fingerprint density at radius 2 is 1.38 bits per heavy atom. The summed E-state index contributed by atoms with van der Waals surface area (Å²) in [6.45, 7) is 2.43. The number of hydrogen-bond donors (Lipinski definition) is 0. The Balaban J connectivity index is 1.31. The summed E-state index contributed by atoms with van der Waals surface area (Å²) in [5.74, 6) is -0.550. The number of carbonyl (C=O) groups is 2. The molecule has 184 valence electrons. The van der Waals surface area contributed by atoms with Gasteiger partial charge >= 0.3 is 0 Å². The van der Waals surface area contributed by atoms with Gasteiger partial charge in [-0.15, -0.1) is 0 Å². The third-order valence-corrected chi connectivity index (χ3v) is 6.89. The predicted molar refractivity (Wildman–Crippen MR) is 141 cm³/mol. The zero-order chi connectivity index (χ0) is 25.4. The molecule has 0 aliphatic carbocycles. The predicted octanol–water partition coefficient (Wildman–Crippen LogP) is 5.63. The van der Waals surface area contributed by atoms with E-state index in [1.807, 2.05) is 104 Å². The van der Waals surface area contributed by atoms with E-state index < -0.39 is 18.1 Å². The quantitative estimate of drug-likeness (QED) is 0.328. The highest BCUT2D eigenvalue weighted by Gasteiger charge is 2.60. The lowest BCUT2D eigenvalue weighted by Gasteiger charge is -2.29. The second kappa shape index (κ2) is 9.56. The van der Waals surface area contributed by atoms with Gasteiger partial charge in [-0.25, -0.2) is 9.96 Å². The number of rotatable bonds is 6. The van der Waals surface area contributed by atoms with Crippen LogP contribution in [-0.2, 0) is 21.0 Å². The van der Waals surface area contributed by atoms with E-state index in [0.29, 0.717) is 12.3 Å². The van der Waals surface area contributed by atoms with Gasteiger partial charge in [-0.2, -0.15) is 0 Å². The van der Waals surface area contributed by atoms with Gasteiger partial charge in [0.15, 0.2) is 6.10 Å². The van der Waals surface area contributed by atoms with Gasteiger partial charge in [-0.3, -0.25) is 14.4 Å². The van der Waals surface area contributed by atoms with Crippen molar-refractivity contribution in [2.75, 3.05) is 9.96 Å². The summed E-state index contributed by atoms with van der Waals surface area (Å²) < 4.78 is 5.96. The third kappa shape index (κ3) is 4.26. The zero-order valence-corrected chi connectivity index (χ0v) is 20.4. The number of aryl methyl sites for hydroxylation is 1. The molecule has 37 heavy (non-hydrogen) atoms. The summed E-state index contributed by atoms with van der Waals surface area (Å²) in [5.41, 5.74) is 4.36. The minimum Gasteiger partial charge on any atom is -0.489 e. The molecule has 4 aromatic carbocycles. The first kappa shape index (κ1) is 23.0. The number of hydrogen-bond acceptors (Lipinski definition) is 5. The number of fused-ring (bicyclic) bond motifs is 1. The lowest BCUT2D eigenvalue weighted by Crippen LogP contribution is -2.37. The first-order chi connectivity index (χ1) is 18.1. The van der Waals surface area contributed by atoms with E-state index in [-0.39, 0.29) is 11.8 Å². The molecule has 0 radical (unpaired) electrons. The van der Waals surface area contributed by atoms with Gasteiger partial charge in [0.2, 0.25) is 5.91 Å². The molecular weight excluding hydrogens is 464 g/mol. The number of carbonyl (C=O) groups excluding carboxylic acids is 2. The van der Waals surface area contributed by atoms with E-state index in [1.165, 1.54) is 4.90 Å². The largest absolute Gasteiger partial charge is 0.489 e. The van der Waals surface area contributed by atoms with Gasteiger partial charge in [-0.1, -0.05) is 78.4 Å². The maximum Gasteiger partial charge on any atom is 0.266 e. The van der Waals surface area contributed by atoms with Crippen LogP contribution in [0.25, 0.3) is 0 Å². The third-order valence-electron chi connectivity index (χ3n) is 6.89. The molecule has 2 heterocycles. The summed E-state index contributed by atoms with van der Waals surface area (Å²) in [6.07, 6.45) is -0.895. The molecular formula is C31H26N2O4. The molecule has 0 bridgehead atoms. The monoisotopic (exact) mass is 490 g/mol. The van der Waals surface area contributed by atoms with Crippen molar-refractivity contribution in [1.29, 1.82) is 0 Å². The van der Waals surface area contributed by atoms with Gasteiger partial charge in [0.25, 0.3) is 5.91 Å². The van der Waals surface area contributed by atoms with Crippen molar-refractivity contribution < 1.29 is 19.2 Å². The van der Waals surface area contributed by atoms with Crippen LogP contribution in [0.5, 0.6) is 5.75 Å². The van der Waals surface area contributed by atoms with Crippen LogP contribution in [0.2, 0.25) is 0 Å². The van der Waals surface area contributed by atoms with Crippen LogP contribution in [0.15, 0.2) is 109 Å². The molecule has 4 aromatic rings. The number of amides is 2. The summed E-state index contributed by atoms with van der Waals surface area (Å²) >= 11 is 0. The second-order valence-corrected chi connectivity index (χ2v) is 9.35. The van der Waals surface area contributed by atoms with Crippen molar-refractivity contribution in [2.45, 2.75) is 25.7 Å². The molecule has 2 aliphatic rings. The van der Waals surface area contributed by atoms with Crippen molar-refractivity contribution in [3.8, 4) is 5.75 Å². The van der Waals surface area contributed by atoms with Crippen LogP contribution in [-0.4, -0.2) is 17.9 Å². The minimum atomic E-state index is -0.895. The van der Waals surface area contributed by atoms with E-state index in [4.69, 9.17) is 9.57 Å². The molecule has 3 atom stereocenters. The Kier molecular flexibility index (Phi) is 5.94. The van der Waals surface area contributed by atoms with Crippen molar-refractivity contribution in [3.05, 3.63) is 126 Å². The lowest BCUT2D eigenvalue weighted by molar-refractivity contribution is -0.126. The van der Waals surface area contributed by atoms with Crippen LogP contribution < -0.4 is 14.7 Å². The molecule has 0 N–H and O–H groups in total. The fourth-order valence-electron chi connectivity index (χ4n) is 5.00. The number of hydroxylamine groups is 1. The van der Waals surface area contributed by atoms with Crippen LogP contribution in [0.1, 0.15) is 22.7 Å². The van der Waals surface area contributed by atoms with Gasteiger partial charge in [0, 0.05) is 0 Å². The van der Waals surface area contributed by atoms with E-state index >= 15 is 0 Å². The number of imide groups is 1. The Bertz CT molecular complexity index is 1410. The molecule has 2 aliphatic heterocycles. The topological polar surface area (TPSA) is 59.1 Å². The summed E-state index contributed by atoms with van der Waals surface area (Å²) in [6, 6.07) is 34.1. The SMILES string of the molecule is Cc1ccc(N2C(=O)[C@@H]3[C@@H](c4ccc(OCc5ccccc5)cc4)N(c4ccccc4)O[C@H]3C2=O)cc1. The highest BCUT2D eigenvalue weighted by atomic mass is 16.7. The number of benzene rings is 4. The van der Waals surface area contributed by atoms with Crippen LogP contribution >= 0.6 is 0 Å². The van der Waals surface area contributed by atoms with Crippen LogP contribution in [0.3, 0.4) is 0 Å². The fraction of sp³-hybridized carbons (Fsp3) is 0.161. The normalized spacial score (nSPS) is 20.8. The first-order valence-corrected chi connectivity index (χ1v) is 12.3. The van der Waals surface area contributed by atoms with Crippen molar-refractivity contribution in [1.82, 2.24) is 0 Å². The summed E-state index contributed by atoms with van der Waals surface area (Å²) in [7, 11) is 0. The van der Waals surface area contributed by atoms with Gasteiger partial charge < -0.3 is 4.74 Å². The van der Waals surface area contributed by atoms with Crippen molar-refractivity contribution in [2.24, 2.45) is 5.92 Å². The van der Waals surface area contributed by atoms with Gasteiger partial charge in [0.1, 0.15) is 18.3 Å². The number of ether oxygens (including phenoxy) is 1. The fourth-order valence-corrected chi connectivity index (χ4v) is 5.00. The number of nitrogens with zero attached hydrogens (tertiary/aromatic N) is 2. The Morgan fingerprint density at radius 3 is 2.05 bits per heavy atom. The molecule has 0 spiro atoms. The number of para-hydroxylation sites is 1. The first-order valence-electron chi connectivity index (χ1n) is 12.3. The zero-order valence-electron chi connectivity index (χ0n) is 20.4. The highest BCUT2D eigenvalue weighted by molar-refractivity contribution is 6.23. The average Bonchev–Trinajstić information content (AvgIpc) is 3.45. The van der Waals surface area contributed by atoms with E-state index in [9.17, 15) is 9.59 Å². The molecule has 6 rings (SSSR count). The smallest absolute Gasteiger partial charge is 0.266 e. The van der Waals surface area contributed by atoms with Crippen molar-refractivity contribution in [3.63, 3.8) is 0 Å². The molecule has 6 heteroatoms. The standard InChI is InChI=1S/C31H26N2O4/c1-21-12-16-24(17-13-21)32-30(34)27-28(33(37-29(27)31(32)35)25-10-6-3-7-11-25)23-14-18-26(19-15-23)36-20-22-8-4-2-5-9-22/h2-19,27-29H,20H2,1H3/t27-,28-,29-/m1/s1. The van der Waals surface area contributed by atoms with E-state index in [0.717, 1.165) is 28.1 Å². The Hall–Kier alpha value is -4.42. The maximum absolute atomic E-state index is 13.7. The molecule has 2 saturated heterocycles. The number of anilines is 2. The van der Waals surface area contributed by atoms with Crippen molar-refractivity contribution >= 4 is 23.2 Å². The molecule has 2 fully saturated rings. The maximum atomic E-state index is 13.7. The highest BCUT2D eigenvalue weighted by Crippen LogP contribution is 2.47. The van der Waals surface area contributed by atoms with Crippen LogP contribution in [0.4, 0.5) is 11.4 Å². The van der Waals surface area contributed by atoms with E-state index in [2.05, 4.69) is 0 Å². The average molecular weight is 491 g/mol. The Labute approximate surface area is 215 Å². The molecule has 2 amide bonds. The van der Waals surface area contributed by atoms with Gasteiger partial charge in [0.05, 0.1) is 17.4 Å². The molecule has 0 saturated carbocycles. The minimum absolute atomic E-state index is 0.258. The second-order valence-electron chi connectivity index (χ2n) is 9.35. The lowest BCUT2D eigenvalue weighted by atomic mass is 9.90.